The molecule has 0 aromatic rings. The Hall–Kier alpha value is -1.79. The first-order valence-electron chi connectivity index (χ1n) is 8.16. The van der Waals surface area contributed by atoms with Gasteiger partial charge in [-0.05, 0) is 39.5 Å². The standard InChI is InChI=1S/C16H29N3O4/c1-6-10(2)12(13(17)20)18-14(21)11-8-7-9-19(11)15(22)23-16(3,4)5/h10-12H,6-9H2,1-5H3,(H2,17,20)(H,18,21). The van der Waals surface area contributed by atoms with E-state index in [0.717, 1.165) is 6.42 Å². The lowest BCUT2D eigenvalue weighted by atomic mass is 9.98. The number of hydrogen-bond acceptors (Lipinski definition) is 4. The maximum absolute atomic E-state index is 12.5. The van der Waals surface area contributed by atoms with Gasteiger partial charge in [0, 0.05) is 6.54 Å². The number of ether oxygens (including phenoxy) is 1. The molecule has 0 aromatic carbocycles. The minimum Gasteiger partial charge on any atom is -0.444 e. The zero-order valence-electron chi connectivity index (χ0n) is 14.7. The summed E-state index contributed by atoms with van der Waals surface area (Å²) in [6, 6.07) is -1.34. The van der Waals surface area contributed by atoms with Crippen LogP contribution in [-0.2, 0) is 14.3 Å². The summed E-state index contributed by atoms with van der Waals surface area (Å²) in [5.41, 5.74) is 4.76. The van der Waals surface area contributed by atoms with Crippen LogP contribution in [-0.4, -0.2) is 47.0 Å². The molecule has 0 radical (unpaired) electrons. The first-order valence-corrected chi connectivity index (χ1v) is 8.16. The van der Waals surface area contributed by atoms with Crippen LogP contribution >= 0.6 is 0 Å². The van der Waals surface area contributed by atoms with Gasteiger partial charge in [-0.2, -0.15) is 0 Å². The van der Waals surface area contributed by atoms with E-state index in [1.807, 2.05) is 13.8 Å². The molecule has 7 heteroatoms. The number of carbonyl (C=O) groups excluding carboxylic acids is 3. The molecule has 0 bridgehead atoms. The Bertz CT molecular complexity index is 459. The van der Waals surface area contributed by atoms with E-state index in [2.05, 4.69) is 5.32 Å². The fraction of sp³-hybridized carbons (Fsp3) is 0.812. The molecule has 1 heterocycles. The molecule has 0 aromatic heterocycles. The van der Waals surface area contributed by atoms with Crippen LogP contribution in [0.4, 0.5) is 4.79 Å². The van der Waals surface area contributed by atoms with Crippen molar-refractivity contribution in [3.63, 3.8) is 0 Å². The molecule has 3 amide bonds. The lowest BCUT2D eigenvalue weighted by Crippen LogP contribution is -2.54. The van der Waals surface area contributed by atoms with E-state index < -0.39 is 29.7 Å². The van der Waals surface area contributed by atoms with Crippen molar-refractivity contribution in [1.82, 2.24) is 10.2 Å². The summed E-state index contributed by atoms with van der Waals surface area (Å²) in [7, 11) is 0. The Morgan fingerprint density at radius 3 is 2.43 bits per heavy atom. The van der Waals surface area contributed by atoms with E-state index in [4.69, 9.17) is 10.5 Å². The fourth-order valence-corrected chi connectivity index (χ4v) is 2.56. The number of hydrogen-bond donors (Lipinski definition) is 2. The Labute approximate surface area is 137 Å². The van der Waals surface area contributed by atoms with Gasteiger partial charge in [0.1, 0.15) is 17.7 Å². The van der Waals surface area contributed by atoms with Crippen LogP contribution in [0.2, 0.25) is 0 Å². The fourth-order valence-electron chi connectivity index (χ4n) is 2.56. The topological polar surface area (TPSA) is 102 Å². The molecule has 7 nitrogen and oxygen atoms in total. The number of nitrogens with zero attached hydrogens (tertiary/aromatic N) is 1. The van der Waals surface area contributed by atoms with E-state index in [1.54, 1.807) is 20.8 Å². The summed E-state index contributed by atoms with van der Waals surface area (Å²) in [6.45, 7) is 9.59. The highest BCUT2D eigenvalue weighted by Crippen LogP contribution is 2.21. The van der Waals surface area contributed by atoms with Crippen molar-refractivity contribution in [1.29, 1.82) is 0 Å². The maximum Gasteiger partial charge on any atom is 0.410 e. The summed E-state index contributed by atoms with van der Waals surface area (Å²) in [5, 5.41) is 2.69. The van der Waals surface area contributed by atoms with Gasteiger partial charge in [-0.3, -0.25) is 14.5 Å². The lowest BCUT2D eigenvalue weighted by molar-refractivity contribution is -0.131. The molecule has 0 aliphatic carbocycles. The van der Waals surface area contributed by atoms with Gasteiger partial charge >= 0.3 is 6.09 Å². The van der Waals surface area contributed by atoms with Gasteiger partial charge in [-0.25, -0.2) is 4.79 Å². The largest absolute Gasteiger partial charge is 0.444 e. The molecule has 23 heavy (non-hydrogen) atoms. The normalized spacial score (nSPS) is 20.7. The molecule has 1 aliphatic rings. The third kappa shape index (κ3) is 5.41. The monoisotopic (exact) mass is 327 g/mol. The molecule has 3 N–H and O–H groups in total. The molecule has 1 rings (SSSR count). The van der Waals surface area contributed by atoms with Crippen molar-refractivity contribution in [2.45, 2.75) is 71.6 Å². The number of nitrogens with two attached hydrogens (primary N) is 1. The first kappa shape index (κ1) is 19.3. The second-order valence-electron chi connectivity index (χ2n) is 7.11. The number of carbonyl (C=O) groups is 3. The zero-order chi connectivity index (χ0) is 17.8. The van der Waals surface area contributed by atoms with Crippen LogP contribution in [0.3, 0.4) is 0 Å². The number of rotatable bonds is 5. The number of likely N-dealkylation sites (tertiary alicyclic amines) is 1. The number of amides is 3. The lowest BCUT2D eigenvalue weighted by Gasteiger charge is -2.29. The molecule has 1 aliphatic heterocycles. The smallest absolute Gasteiger partial charge is 0.410 e. The van der Waals surface area contributed by atoms with Gasteiger partial charge in [0.15, 0.2) is 0 Å². The number of primary amides is 1. The van der Waals surface area contributed by atoms with E-state index >= 15 is 0 Å². The highest BCUT2D eigenvalue weighted by atomic mass is 16.6. The summed E-state index contributed by atoms with van der Waals surface area (Å²) < 4.78 is 5.34. The Morgan fingerprint density at radius 2 is 1.96 bits per heavy atom. The molecular formula is C16H29N3O4. The van der Waals surface area contributed by atoms with Crippen molar-refractivity contribution in [3.05, 3.63) is 0 Å². The van der Waals surface area contributed by atoms with Crippen LogP contribution in [0.25, 0.3) is 0 Å². The summed E-state index contributed by atoms with van der Waals surface area (Å²) in [6.07, 6.45) is 1.49. The minimum atomic E-state index is -0.728. The second kappa shape index (κ2) is 7.66. The average Bonchev–Trinajstić information content (AvgIpc) is 2.91. The van der Waals surface area contributed by atoms with E-state index in [9.17, 15) is 14.4 Å². The summed E-state index contributed by atoms with van der Waals surface area (Å²) >= 11 is 0. The third-order valence-electron chi connectivity index (χ3n) is 4.00. The Morgan fingerprint density at radius 1 is 1.35 bits per heavy atom. The molecule has 0 spiro atoms. The summed E-state index contributed by atoms with van der Waals surface area (Å²) in [4.78, 5) is 37.7. The highest BCUT2D eigenvalue weighted by molar-refractivity contribution is 5.91. The van der Waals surface area contributed by atoms with Gasteiger partial charge in [0.05, 0.1) is 0 Å². The van der Waals surface area contributed by atoms with Crippen LogP contribution in [0.1, 0.15) is 53.9 Å². The minimum absolute atomic E-state index is 0.0622. The van der Waals surface area contributed by atoms with Crippen LogP contribution in [0.15, 0.2) is 0 Å². The molecule has 1 fully saturated rings. The predicted molar refractivity (Wildman–Crippen MR) is 86.5 cm³/mol. The average molecular weight is 327 g/mol. The molecule has 3 atom stereocenters. The van der Waals surface area contributed by atoms with Crippen molar-refractivity contribution in [2.24, 2.45) is 11.7 Å². The second-order valence-corrected chi connectivity index (χ2v) is 7.11. The zero-order valence-corrected chi connectivity index (χ0v) is 14.7. The van der Waals surface area contributed by atoms with Gasteiger partial charge in [0.2, 0.25) is 11.8 Å². The Balaban J connectivity index is 2.77. The molecule has 1 saturated heterocycles. The van der Waals surface area contributed by atoms with Gasteiger partial charge < -0.3 is 15.8 Å². The van der Waals surface area contributed by atoms with Crippen molar-refractivity contribution in [3.8, 4) is 0 Å². The van der Waals surface area contributed by atoms with Crippen molar-refractivity contribution < 1.29 is 19.1 Å². The first-order chi connectivity index (χ1) is 10.6. The highest BCUT2D eigenvalue weighted by Gasteiger charge is 2.38. The quantitative estimate of drug-likeness (QED) is 0.797. The van der Waals surface area contributed by atoms with Gasteiger partial charge in [-0.15, -0.1) is 0 Å². The Kier molecular flexibility index (Phi) is 6.41. The van der Waals surface area contributed by atoms with E-state index in [1.165, 1.54) is 4.90 Å². The molecule has 132 valence electrons. The molecule has 0 saturated carbocycles. The van der Waals surface area contributed by atoms with Crippen LogP contribution < -0.4 is 11.1 Å². The third-order valence-corrected chi connectivity index (χ3v) is 4.00. The van der Waals surface area contributed by atoms with Crippen molar-refractivity contribution in [2.75, 3.05) is 6.54 Å². The van der Waals surface area contributed by atoms with Crippen LogP contribution in [0.5, 0.6) is 0 Å². The predicted octanol–water partition coefficient (Wildman–Crippen LogP) is 1.40. The maximum atomic E-state index is 12.5. The summed E-state index contributed by atoms with van der Waals surface area (Å²) in [5.74, 6) is -0.972. The van der Waals surface area contributed by atoms with Gasteiger partial charge in [0.25, 0.3) is 0 Å². The van der Waals surface area contributed by atoms with Crippen LogP contribution in [0, 0.1) is 5.92 Å². The van der Waals surface area contributed by atoms with Crippen molar-refractivity contribution >= 4 is 17.9 Å². The molecule has 3 unspecified atom stereocenters. The van der Waals surface area contributed by atoms with Gasteiger partial charge in [-0.1, -0.05) is 20.3 Å². The molecular weight excluding hydrogens is 298 g/mol. The van der Waals surface area contributed by atoms with E-state index in [-0.39, 0.29) is 11.8 Å². The van der Waals surface area contributed by atoms with E-state index in [0.29, 0.717) is 19.4 Å². The SMILES string of the molecule is CCC(C)C(NC(=O)C1CCCN1C(=O)OC(C)(C)C)C(N)=O. The number of nitrogens with one attached hydrogen (secondary N) is 1.